The van der Waals surface area contributed by atoms with Crippen molar-refractivity contribution >= 4 is 17.1 Å². The normalized spacial score (nSPS) is 11.8. The molecule has 1 radical (unpaired) electrons. The van der Waals surface area contributed by atoms with Crippen molar-refractivity contribution in [3.63, 3.8) is 0 Å². The second kappa shape index (κ2) is 15.4. The van der Waals surface area contributed by atoms with E-state index in [1.165, 1.54) is 6.92 Å². The molecular formula is C26H28FeN6+3. The summed E-state index contributed by atoms with van der Waals surface area (Å²) in [5.41, 5.74) is 4.88. The van der Waals surface area contributed by atoms with Gasteiger partial charge < -0.3 is 5.41 Å². The van der Waals surface area contributed by atoms with E-state index >= 15 is 0 Å². The van der Waals surface area contributed by atoms with Crippen LogP contribution in [0.5, 0.6) is 0 Å². The van der Waals surface area contributed by atoms with E-state index in [9.17, 15) is 0 Å². The summed E-state index contributed by atoms with van der Waals surface area (Å²) >= 11 is 0. The molecule has 0 aliphatic rings. The molecule has 3 aromatic rings. The monoisotopic (exact) mass is 480 g/mol. The summed E-state index contributed by atoms with van der Waals surface area (Å²) in [6.07, 6.45) is 3.53. The van der Waals surface area contributed by atoms with Gasteiger partial charge in [0.1, 0.15) is 0 Å². The van der Waals surface area contributed by atoms with Crippen molar-refractivity contribution in [1.82, 2.24) is 9.97 Å². The van der Waals surface area contributed by atoms with Crippen LogP contribution in [0.1, 0.15) is 37.7 Å². The molecule has 0 saturated carbocycles. The van der Waals surface area contributed by atoms with E-state index in [2.05, 4.69) is 9.97 Å². The molecule has 0 bridgehead atoms. The van der Waals surface area contributed by atoms with Crippen molar-refractivity contribution in [1.29, 1.82) is 10.7 Å². The average Bonchev–Trinajstić information content (AvgIpc) is 2.84. The zero-order chi connectivity index (χ0) is 23.2. The van der Waals surface area contributed by atoms with Gasteiger partial charge in [0.15, 0.2) is 0 Å². The van der Waals surface area contributed by atoms with Crippen LogP contribution < -0.4 is 0 Å². The fourth-order valence-electron chi connectivity index (χ4n) is 3.08. The van der Waals surface area contributed by atoms with Crippen molar-refractivity contribution in [2.75, 3.05) is 0 Å². The van der Waals surface area contributed by atoms with Gasteiger partial charge >= 0.3 is 17.1 Å². The summed E-state index contributed by atoms with van der Waals surface area (Å²) < 4.78 is 0. The molecule has 0 saturated heterocycles. The van der Waals surface area contributed by atoms with Crippen molar-refractivity contribution in [2.45, 2.75) is 33.9 Å². The Morgan fingerprint density at radius 2 is 1.27 bits per heavy atom. The zero-order valence-electron chi connectivity index (χ0n) is 19.1. The number of hydrogen-bond donors (Lipinski definition) is 1. The molecule has 0 fully saturated rings. The van der Waals surface area contributed by atoms with Gasteiger partial charge in [0, 0.05) is 30.7 Å². The van der Waals surface area contributed by atoms with Gasteiger partial charge in [-0.05, 0) is 43.7 Å². The molecule has 1 aromatic carbocycles. The Labute approximate surface area is 206 Å². The number of nitrogens with zero attached hydrogens (tertiary/aromatic N) is 5. The van der Waals surface area contributed by atoms with Gasteiger partial charge in [-0.1, -0.05) is 42.5 Å². The third kappa shape index (κ3) is 9.28. The number of benzene rings is 1. The van der Waals surface area contributed by atoms with Gasteiger partial charge in [-0.15, -0.1) is 0 Å². The van der Waals surface area contributed by atoms with Crippen LogP contribution in [0.15, 0.2) is 89.1 Å². The summed E-state index contributed by atoms with van der Waals surface area (Å²) in [6.45, 7) is 6.33. The average molecular weight is 480 g/mol. The smallest absolute Gasteiger partial charge is 0.304 e. The van der Waals surface area contributed by atoms with Crippen molar-refractivity contribution in [3.8, 4) is 6.07 Å². The zero-order valence-corrected chi connectivity index (χ0v) is 20.2. The first-order chi connectivity index (χ1) is 15.6. The van der Waals surface area contributed by atoms with Gasteiger partial charge in [0.25, 0.3) is 0 Å². The maximum Gasteiger partial charge on any atom is 3.00 e. The number of rotatable bonds is 8. The van der Waals surface area contributed by atoms with Gasteiger partial charge in [-0.2, -0.15) is 5.26 Å². The molecular weight excluding hydrogens is 452 g/mol. The van der Waals surface area contributed by atoms with E-state index in [1.54, 1.807) is 18.5 Å². The molecule has 0 unspecified atom stereocenters. The fourth-order valence-corrected chi connectivity index (χ4v) is 3.08. The number of nitriles is 1. The third-order valence-corrected chi connectivity index (χ3v) is 4.64. The van der Waals surface area contributed by atoms with Crippen molar-refractivity contribution in [2.24, 2.45) is 15.9 Å². The number of nitrogens with one attached hydrogen (secondary N) is 1. The SMILES string of the molecule is CC#N.CC(=NCc1ccccn1)C(C(=N)c1ccccc1)C(C)=NCc1ccccn1.[Fe+3]. The maximum absolute atomic E-state index is 8.82. The van der Waals surface area contributed by atoms with Gasteiger partial charge in [0.05, 0.1) is 42.2 Å². The molecule has 7 heteroatoms. The molecule has 2 aromatic heterocycles. The summed E-state index contributed by atoms with van der Waals surface area (Å²) in [5, 5.41) is 16.1. The van der Waals surface area contributed by atoms with E-state index in [1.807, 2.05) is 80.6 Å². The van der Waals surface area contributed by atoms with Crippen LogP contribution in [-0.2, 0) is 30.2 Å². The predicted octanol–water partition coefficient (Wildman–Crippen LogP) is 5.31. The second-order valence-corrected chi connectivity index (χ2v) is 6.99. The van der Waals surface area contributed by atoms with Crippen LogP contribution in [0.25, 0.3) is 0 Å². The van der Waals surface area contributed by atoms with Crippen LogP contribution >= 0.6 is 0 Å². The second-order valence-electron chi connectivity index (χ2n) is 6.99. The molecule has 0 aliphatic carbocycles. The van der Waals surface area contributed by atoms with E-state index in [0.29, 0.717) is 18.8 Å². The maximum atomic E-state index is 8.82. The minimum absolute atomic E-state index is 0. The standard InChI is InChI=1S/C24H25N5.C2H3N.Fe/c1-18(28-16-21-12-6-8-14-26-21)23(24(25)20-10-4-3-5-11-20)19(2)29-17-22-13-7-9-15-27-22;1-2-3;/h3-15,23,25H,16-17H2,1-2H3;1H3;/q;;+3. The van der Waals surface area contributed by atoms with E-state index in [0.717, 1.165) is 28.4 Å². The molecule has 3 rings (SSSR count). The predicted molar refractivity (Wildman–Crippen MR) is 130 cm³/mol. The van der Waals surface area contributed by atoms with Gasteiger partial charge in [0.2, 0.25) is 0 Å². The Balaban J connectivity index is 0.00000129. The number of hydrogen-bond acceptors (Lipinski definition) is 6. The summed E-state index contributed by atoms with van der Waals surface area (Å²) in [7, 11) is 0. The van der Waals surface area contributed by atoms with E-state index in [4.69, 9.17) is 20.7 Å². The first-order valence-electron chi connectivity index (χ1n) is 10.3. The Hall–Kier alpha value is -3.46. The number of aliphatic imine (C=N–C) groups is 2. The summed E-state index contributed by atoms with van der Waals surface area (Å²) in [4.78, 5) is 18.1. The molecule has 0 aliphatic heterocycles. The number of aromatic nitrogens is 2. The van der Waals surface area contributed by atoms with Gasteiger partial charge in [-0.3, -0.25) is 20.0 Å². The molecule has 0 atom stereocenters. The Bertz CT molecular complexity index is 1020. The molecule has 0 amide bonds. The minimum Gasteiger partial charge on any atom is -0.304 e. The number of pyridine rings is 2. The molecule has 33 heavy (non-hydrogen) atoms. The fraction of sp³-hybridized carbons (Fsp3) is 0.231. The molecule has 0 spiro atoms. The van der Waals surface area contributed by atoms with E-state index < -0.39 is 0 Å². The quantitative estimate of drug-likeness (QED) is 0.349. The minimum atomic E-state index is -0.287. The summed E-state index contributed by atoms with van der Waals surface area (Å²) in [5.74, 6) is -0.287. The van der Waals surface area contributed by atoms with E-state index in [-0.39, 0.29) is 23.0 Å². The van der Waals surface area contributed by atoms with Crippen molar-refractivity contribution < 1.29 is 17.1 Å². The largest absolute Gasteiger partial charge is 3.00 e. The Kier molecular flexibility index (Phi) is 12.8. The third-order valence-electron chi connectivity index (χ3n) is 4.64. The van der Waals surface area contributed by atoms with Crippen LogP contribution in [0.2, 0.25) is 0 Å². The molecule has 2 heterocycles. The van der Waals surface area contributed by atoms with Gasteiger partial charge in [-0.25, -0.2) is 0 Å². The first-order valence-corrected chi connectivity index (χ1v) is 10.3. The van der Waals surface area contributed by atoms with Crippen LogP contribution in [0.4, 0.5) is 0 Å². The summed E-state index contributed by atoms with van der Waals surface area (Å²) in [6, 6.07) is 23.1. The molecule has 1 N–H and O–H groups in total. The Morgan fingerprint density at radius 1 is 0.848 bits per heavy atom. The topological polar surface area (TPSA) is 98.1 Å². The van der Waals surface area contributed by atoms with Crippen molar-refractivity contribution in [3.05, 3.63) is 96.1 Å². The Morgan fingerprint density at radius 3 is 1.67 bits per heavy atom. The first kappa shape index (κ1) is 27.6. The molecule has 6 nitrogen and oxygen atoms in total. The van der Waals surface area contributed by atoms with Crippen LogP contribution in [0.3, 0.4) is 0 Å². The molecule has 167 valence electrons. The van der Waals surface area contributed by atoms with Crippen LogP contribution in [-0.4, -0.2) is 27.1 Å². The van der Waals surface area contributed by atoms with Crippen LogP contribution in [0, 0.1) is 22.7 Å².